The van der Waals surface area contributed by atoms with Crippen molar-refractivity contribution in [3.05, 3.63) is 24.3 Å². The summed E-state index contributed by atoms with van der Waals surface area (Å²) >= 11 is 0. The van der Waals surface area contributed by atoms with Gasteiger partial charge in [0.15, 0.2) is 0 Å². The molecule has 0 spiro atoms. The van der Waals surface area contributed by atoms with Gasteiger partial charge in [0.25, 0.3) is 0 Å². The maximum Gasteiger partial charge on any atom is 0.226 e. The molecule has 0 radical (unpaired) electrons. The SMILES string of the molecule is CCCCCCCCCCCCCCCCCC(=O)N(C)c1ccc([NH+](C)C)cc1.COS(=O)(=O)[O-]. The van der Waals surface area contributed by atoms with Crippen molar-refractivity contribution in [2.45, 2.75) is 110 Å². The van der Waals surface area contributed by atoms with Crippen LogP contribution < -0.4 is 9.80 Å². The lowest BCUT2D eigenvalue weighted by molar-refractivity contribution is -0.786. The van der Waals surface area contributed by atoms with Crippen LogP contribution in [0.1, 0.15) is 110 Å². The summed E-state index contributed by atoms with van der Waals surface area (Å²) in [5, 5.41) is 0. The van der Waals surface area contributed by atoms with Crippen molar-refractivity contribution in [2.24, 2.45) is 0 Å². The molecule has 1 rings (SSSR count). The van der Waals surface area contributed by atoms with Crippen LogP contribution in [-0.2, 0) is 19.4 Å². The first kappa shape index (κ1) is 34.5. The monoisotopic (exact) mass is 528 g/mol. The first-order chi connectivity index (χ1) is 17.1. The van der Waals surface area contributed by atoms with Crippen LogP contribution in [0.2, 0.25) is 0 Å². The molecular formula is C28H52N2O5S. The Kier molecular flexibility index (Phi) is 20.7. The van der Waals surface area contributed by atoms with E-state index < -0.39 is 10.4 Å². The van der Waals surface area contributed by atoms with E-state index in [4.69, 9.17) is 0 Å². The van der Waals surface area contributed by atoms with E-state index in [-0.39, 0.29) is 5.91 Å². The summed E-state index contributed by atoms with van der Waals surface area (Å²) in [6.45, 7) is 2.28. The Bertz CT molecular complexity index is 767. The molecule has 8 heteroatoms. The van der Waals surface area contributed by atoms with Crippen LogP contribution in [0.15, 0.2) is 24.3 Å². The number of benzene rings is 1. The van der Waals surface area contributed by atoms with Crippen molar-refractivity contribution in [1.82, 2.24) is 0 Å². The smallest absolute Gasteiger partial charge is 0.226 e. The van der Waals surface area contributed by atoms with Crippen LogP contribution in [-0.4, -0.2) is 47.1 Å². The van der Waals surface area contributed by atoms with Crippen LogP contribution in [0.3, 0.4) is 0 Å². The molecule has 0 aliphatic carbocycles. The topological polar surface area (TPSA) is 91.2 Å². The van der Waals surface area contributed by atoms with Crippen LogP contribution in [0.4, 0.5) is 11.4 Å². The minimum absolute atomic E-state index is 0.231. The first-order valence-electron chi connectivity index (χ1n) is 13.8. The van der Waals surface area contributed by atoms with E-state index in [1.807, 2.05) is 19.2 Å². The van der Waals surface area contributed by atoms with Gasteiger partial charge >= 0.3 is 0 Å². The Balaban J connectivity index is 0.00000181. The van der Waals surface area contributed by atoms with Gasteiger partial charge in [-0.1, -0.05) is 96.8 Å². The number of anilines is 1. The van der Waals surface area contributed by atoms with Crippen LogP contribution in [0.25, 0.3) is 0 Å². The fourth-order valence-electron chi connectivity index (χ4n) is 3.98. The molecule has 0 aromatic heterocycles. The van der Waals surface area contributed by atoms with Gasteiger partial charge in [0.2, 0.25) is 16.3 Å². The highest BCUT2D eigenvalue weighted by molar-refractivity contribution is 7.80. The van der Waals surface area contributed by atoms with Gasteiger partial charge in [0.1, 0.15) is 5.69 Å². The highest BCUT2D eigenvalue weighted by Crippen LogP contribution is 2.17. The number of hydrogen-bond donors (Lipinski definition) is 1. The molecule has 1 aromatic carbocycles. The summed E-state index contributed by atoms with van der Waals surface area (Å²) in [6, 6.07) is 8.30. The van der Waals surface area contributed by atoms with E-state index in [2.05, 4.69) is 37.3 Å². The average molecular weight is 529 g/mol. The molecule has 0 unspecified atom stereocenters. The summed E-state index contributed by atoms with van der Waals surface area (Å²) in [7, 11) is 2.51. The minimum atomic E-state index is -4.41. The van der Waals surface area contributed by atoms with E-state index in [1.54, 1.807) is 4.90 Å². The molecule has 0 atom stereocenters. The molecule has 36 heavy (non-hydrogen) atoms. The highest BCUT2D eigenvalue weighted by Gasteiger charge is 2.11. The summed E-state index contributed by atoms with van der Waals surface area (Å²) in [5.41, 5.74) is 2.23. The van der Waals surface area contributed by atoms with Gasteiger partial charge in [-0.2, -0.15) is 0 Å². The quantitative estimate of drug-likeness (QED) is 0.140. The normalized spacial score (nSPS) is 11.3. The zero-order chi connectivity index (χ0) is 27.2. The maximum absolute atomic E-state index is 12.4. The van der Waals surface area contributed by atoms with Crippen molar-refractivity contribution in [3.63, 3.8) is 0 Å². The van der Waals surface area contributed by atoms with Gasteiger partial charge in [-0.3, -0.25) is 8.98 Å². The number of rotatable bonds is 19. The van der Waals surface area contributed by atoms with E-state index in [0.717, 1.165) is 19.2 Å². The van der Waals surface area contributed by atoms with Gasteiger partial charge < -0.3 is 14.4 Å². The largest absolute Gasteiger partial charge is 0.726 e. The lowest BCUT2D eigenvalue weighted by Crippen LogP contribution is -3.00. The van der Waals surface area contributed by atoms with Gasteiger partial charge in [-0.15, -0.1) is 0 Å². The number of carbonyl (C=O) groups is 1. The third-order valence-corrected chi connectivity index (χ3v) is 6.81. The molecule has 0 heterocycles. The van der Waals surface area contributed by atoms with E-state index in [9.17, 15) is 17.8 Å². The van der Waals surface area contributed by atoms with Gasteiger partial charge in [-0.25, -0.2) is 8.42 Å². The van der Waals surface area contributed by atoms with Crippen LogP contribution >= 0.6 is 0 Å². The van der Waals surface area contributed by atoms with Gasteiger partial charge in [-0.05, 0) is 18.6 Å². The van der Waals surface area contributed by atoms with E-state index in [1.165, 1.54) is 100 Å². The number of carbonyl (C=O) groups excluding carboxylic acids is 1. The van der Waals surface area contributed by atoms with Crippen LogP contribution in [0.5, 0.6) is 0 Å². The third-order valence-electron chi connectivity index (χ3n) is 6.40. The Morgan fingerprint density at radius 1 is 0.806 bits per heavy atom. The van der Waals surface area contributed by atoms with Crippen molar-refractivity contribution in [2.75, 3.05) is 33.2 Å². The second-order valence-corrected chi connectivity index (χ2v) is 10.9. The molecule has 1 amide bonds. The molecule has 0 bridgehead atoms. The minimum Gasteiger partial charge on any atom is -0.726 e. The molecule has 210 valence electrons. The lowest BCUT2D eigenvalue weighted by atomic mass is 10.0. The zero-order valence-electron chi connectivity index (χ0n) is 23.5. The number of amides is 1. The second-order valence-electron chi connectivity index (χ2n) is 9.77. The first-order valence-corrected chi connectivity index (χ1v) is 15.1. The fraction of sp³-hybridized carbons (Fsp3) is 0.750. The molecule has 0 aliphatic heterocycles. The molecule has 1 N–H and O–H groups in total. The van der Waals surface area contributed by atoms with Gasteiger partial charge in [0, 0.05) is 31.3 Å². The van der Waals surface area contributed by atoms with E-state index >= 15 is 0 Å². The van der Waals surface area contributed by atoms with Gasteiger partial charge in [0.05, 0.1) is 21.2 Å². The zero-order valence-corrected chi connectivity index (χ0v) is 24.3. The molecule has 0 aliphatic rings. The number of hydrogen-bond acceptors (Lipinski definition) is 5. The molecule has 7 nitrogen and oxygen atoms in total. The van der Waals surface area contributed by atoms with E-state index in [0.29, 0.717) is 6.42 Å². The fourth-order valence-corrected chi connectivity index (χ4v) is 3.98. The number of quaternary nitrogens is 1. The predicted molar refractivity (Wildman–Crippen MR) is 149 cm³/mol. The second kappa shape index (κ2) is 21.6. The van der Waals surface area contributed by atoms with Crippen LogP contribution in [0, 0.1) is 0 Å². The molecule has 1 aromatic rings. The van der Waals surface area contributed by atoms with Crippen molar-refractivity contribution in [1.29, 1.82) is 0 Å². The third kappa shape index (κ3) is 19.7. The molecular weight excluding hydrogens is 476 g/mol. The summed E-state index contributed by atoms with van der Waals surface area (Å²) in [4.78, 5) is 15.5. The van der Waals surface area contributed by atoms with Crippen molar-refractivity contribution in [3.8, 4) is 0 Å². The summed E-state index contributed by atoms with van der Waals surface area (Å²) in [6.07, 6.45) is 21.0. The molecule has 0 saturated carbocycles. The Morgan fingerprint density at radius 2 is 1.17 bits per heavy atom. The molecule has 0 saturated heterocycles. The Morgan fingerprint density at radius 3 is 1.50 bits per heavy atom. The average Bonchev–Trinajstić information content (AvgIpc) is 2.85. The van der Waals surface area contributed by atoms with Crippen molar-refractivity contribution < 1.29 is 26.8 Å². The maximum atomic E-state index is 12.4. The summed E-state index contributed by atoms with van der Waals surface area (Å²) < 4.78 is 31.0. The number of nitrogens with zero attached hydrogens (tertiary/aromatic N) is 1. The molecule has 0 fully saturated rings. The summed E-state index contributed by atoms with van der Waals surface area (Å²) in [5.74, 6) is 0.231. The highest BCUT2D eigenvalue weighted by atomic mass is 32.3. The van der Waals surface area contributed by atoms with Crippen molar-refractivity contribution >= 4 is 27.7 Å². The standard InChI is InChI=1S/C27H48N2O.CH4O4S/c1-5-6-7-8-9-10-11-12-13-14-15-16-17-18-19-20-27(30)29(4)26-23-21-25(22-24-26)28(2)3;1-5-6(2,3)4/h21-24H,5-20H2,1-4H3;1H3,(H,2,3,4). The number of unbranched alkanes of at least 4 members (excludes halogenated alkanes) is 14. The predicted octanol–water partition coefficient (Wildman–Crippen LogP) is 5.78. The number of nitrogens with one attached hydrogen (secondary N) is 1. The lowest BCUT2D eigenvalue weighted by Gasteiger charge is -2.18. The Hall–Kier alpha value is -1.48. The Labute approximate surface area is 221 Å².